The van der Waals surface area contributed by atoms with Crippen molar-refractivity contribution < 1.29 is 29.0 Å². The number of rotatable bonds is 10. The van der Waals surface area contributed by atoms with Crippen molar-refractivity contribution in [2.45, 2.75) is 44.2 Å². The van der Waals surface area contributed by atoms with Gasteiger partial charge in [0.05, 0.1) is 6.61 Å². The van der Waals surface area contributed by atoms with Gasteiger partial charge in [0.2, 0.25) is 5.91 Å². The Hall–Kier alpha value is -3.39. The van der Waals surface area contributed by atoms with Crippen molar-refractivity contribution in [3.05, 3.63) is 59.7 Å². The highest BCUT2D eigenvalue weighted by Gasteiger charge is 2.37. The first-order valence-electron chi connectivity index (χ1n) is 11.0. The summed E-state index contributed by atoms with van der Waals surface area (Å²) in [5, 5.41) is 14.5. The predicted octanol–water partition coefficient (Wildman–Crippen LogP) is 3.30. The van der Waals surface area contributed by atoms with Gasteiger partial charge in [0, 0.05) is 13.0 Å². The molecule has 2 aromatic rings. The maximum atomic E-state index is 12.8. The molecule has 1 aliphatic rings. The molecule has 3 N–H and O–H groups in total. The van der Waals surface area contributed by atoms with E-state index < -0.39 is 29.6 Å². The molecule has 0 spiro atoms. The summed E-state index contributed by atoms with van der Waals surface area (Å²) < 4.78 is 10.5. The predicted molar refractivity (Wildman–Crippen MR) is 123 cm³/mol. The Morgan fingerprint density at radius 2 is 1.64 bits per heavy atom. The molecule has 176 valence electrons. The number of aliphatic carboxylic acids is 1. The Morgan fingerprint density at radius 1 is 1.06 bits per heavy atom. The van der Waals surface area contributed by atoms with Gasteiger partial charge in [-0.25, -0.2) is 9.59 Å². The highest BCUT2D eigenvalue weighted by atomic mass is 16.5. The van der Waals surface area contributed by atoms with Gasteiger partial charge in [-0.05, 0) is 35.6 Å². The van der Waals surface area contributed by atoms with E-state index in [4.69, 9.17) is 9.47 Å². The van der Waals surface area contributed by atoms with Crippen molar-refractivity contribution in [3.8, 4) is 11.1 Å². The minimum atomic E-state index is -1.61. The number of benzene rings is 2. The number of fused-ring (bicyclic) bond motifs is 3. The maximum absolute atomic E-state index is 12.8. The highest BCUT2D eigenvalue weighted by Crippen LogP contribution is 2.44. The highest BCUT2D eigenvalue weighted by molar-refractivity contribution is 5.91. The molecule has 0 saturated carbocycles. The summed E-state index contributed by atoms with van der Waals surface area (Å²) in [6, 6.07) is 15.1. The second-order valence-electron chi connectivity index (χ2n) is 8.37. The molecule has 0 saturated heterocycles. The van der Waals surface area contributed by atoms with Crippen molar-refractivity contribution in [2.75, 3.05) is 20.3 Å². The van der Waals surface area contributed by atoms with Crippen molar-refractivity contribution in [1.29, 1.82) is 0 Å². The first-order valence-corrected chi connectivity index (χ1v) is 11.0. The number of alkyl carbamates (subject to hydrolysis) is 1. The minimum Gasteiger partial charge on any atom is -0.479 e. The first kappa shape index (κ1) is 24.3. The number of hydrogen-bond acceptors (Lipinski definition) is 5. The molecule has 1 aliphatic carbocycles. The maximum Gasteiger partial charge on any atom is 0.407 e. The average Bonchev–Trinajstić information content (AvgIpc) is 3.11. The van der Waals surface area contributed by atoms with Crippen LogP contribution in [0.5, 0.6) is 0 Å². The van der Waals surface area contributed by atoms with E-state index in [1.807, 2.05) is 43.3 Å². The van der Waals surface area contributed by atoms with Crippen LogP contribution in [0.25, 0.3) is 11.1 Å². The Bertz CT molecular complexity index is 978. The molecule has 0 bridgehead atoms. The lowest BCUT2D eigenvalue weighted by molar-refractivity contribution is -0.149. The van der Waals surface area contributed by atoms with E-state index in [1.165, 1.54) is 14.0 Å². The van der Waals surface area contributed by atoms with Gasteiger partial charge in [-0.2, -0.15) is 0 Å². The standard InChI is InChI=1S/C25H30N2O6/c1-4-9-21(22(28)27-25(2,15-32-3)23(29)30)26-24(31)33-14-20-18-12-7-5-10-16(18)17-11-6-8-13-19(17)20/h5-8,10-13,20-21H,4,9,14-15H2,1-3H3,(H,26,31)(H,27,28)(H,29,30)/t21-,25?/m1/s1. The van der Waals surface area contributed by atoms with E-state index in [0.717, 1.165) is 22.3 Å². The van der Waals surface area contributed by atoms with Crippen LogP contribution in [0.15, 0.2) is 48.5 Å². The first-order chi connectivity index (χ1) is 15.8. The Kier molecular flexibility index (Phi) is 7.71. The summed E-state index contributed by atoms with van der Waals surface area (Å²) in [5.41, 5.74) is 2.81. The largest absolute Gasteiger partial charge is 0.479 e. The lowest BCUT2D eigenvalue weighted by Crippen LogP contribution is -2.60. The van der Waals surface area contributed by atoms with Crippen LogP contribution in [0.1, 0.15) is 43.7 Å². The summed E-state index contributed by atoms with van der Waals surface area (Å²) in [5.74, 6) is -1.93. The molecule has 2 amide bonds. The van der Waals surface area contributed by atoms with Crippen molar-refractivity contribution in [3.63, 3.8) is 0 Å². The van der Waals surface area contributed by atoms with Crippen molar-refractivity contribution in [1.82, 2.24) is 10.6 Å². The molecule has 0 aliphatic heterocycles. The molecule has 1 unspecified atom stereocenters. The smallest absolute Gasteiger partial charge is 0.407 e. The van der Waals surface area contributed by atoms with Crippen LogP contribution in [0.3, 0.4) is 0 Å². The fourth-order valence-corrected chi connectivity index (χ4v) is 4.14. The number of methoxy groups -OCH3 is 1. The third-order valence-corrected chi connectivity index (χ3v) is 5.83. The fraction of sp³-hybridized carbons (Fsp3) is 0.400. The monoisotopic (exact) mass is 454 g/mol. The van der Waals surface area contributed by atoms with Crippen LogP contribution < -0.4 is 10.6 Å². The van der Waals surface area contributed by atoms with Gasteiger partial charge in [0.25, 0.3) is 0 Å². The van der Waals surface area contributed by atoms with Crippen molar-refractivity contribution in [2.24, 2.45) is 0 Å². The van der Waals surface area contributed by atoms with Gasteiger partial charge in [0.15, 0.2) is 5.54 Å². The quantitative estimate of drug-likeness (QED) is 0.508. The fourth-order valence-electron chi connectivity index (χ4n) is 4.14. The van der Waals surface area contributed by atoms with Gasteiger partial charge < -0.3 is 25.2 Å². The van der Waals surface area contributed by atoms with E-state index >= 15 is 0 Å². The summed E-state index contributed by atoms with van der Waals surface area (Å²) in [6.07, 6.45) is 0.211. The second kappa shape index (κ2) is 10.5. The normalized spacial score (nSPS) is 15.0. The number of carboxylic acids is 1. The van der Waals surface area contributed by atoms with Crippen LogP contribution in [-0.4, -0.2) is 55.0 Å². The molecule has 0 heterocycles. The van der Waals surface area contributed by atoms with E-state index in [0.29, 0.717) is 12.8 Å². The molecule has 2 atom stereocenters. The third kappa shape index (κ3) is 5.34. The summed E-state index contributed by atoms with van der Waals surface area (Å²) in [4.78, 5) is 36.9. The Balaban J connectivity index is 1.66. The number of carbonyl (C=O) groups is 3. The number of amides is 2. The van der Waals surface area contributed by atoms with Crippen LogP contribution in [0.4, 0.5) is 4.79 Å². The van der Waals surface area contributed by atoms with Crippen LogP contribution in [-0.2, 0) is 19.1 Å². The number of ether oxygens (including phenoxy) is 2. The lowest BCUT2D eigenvalue weighted by Gasteiger charge is -2.28. The molecule has 0 fully saturated rings. The summed E-state index contributed by atoms with van der Waals surface area (Å²) >= 11 is 0. The summed E-state index contributed by atoms with van der Waals surface area (Å²) in [6.45, 7) is 3.13. The van der Waals surface area contributed by atoms with E-state index in [9.17, 15) is 19.5 Å². The van der Waals surface area contributed by atoms with Gasteiger partial charge >= 0.3 is 12.1 Å². The van der Waals surface area contributed by atoms with E-state index in [1.54, 1.807) is 0 Å². The molecule has 2 aromatic carbocycles. The second-order valence-corrected chi connectivity index (χ2v) is 8.37. The molecule has 8 heteroatoms. The number of hydrogen-bond donors (Lipinski definition) is 3. The average molecular weight is 455 g/mol. The zero-order valence-corrected chi connectivity index (χ0v) is 19.1. The molecule has 0 radical (unpaired) electrons. The Morgan fingerprint density at radius 3 is 2.15 bits per heavy atom. The van der Waals surface area contributed by atoms with Crippen LogP contribution in [0.2, 0.25) is 0 Å². The van der Waals surface area contributed by atoms with E-state index in [2.05, 4.69) is 22.8 Å². The van der Waals surface area contributed by atoms with Crippen LogP contribution >= 0.6 is 0 Å². The zero-order valence-electron chi connectivity index (χ0n) is 19.1. The topological polar surface area (TPSA) is 114 Å². The molecule has 8 nitrogen and oxygen atoms in total. The van der Waals surface area contributed by atoms with Gasteiger partial charge in [0.1, 0.15) is 12.6 Å². The van der Waals surface area contributed by atoms with Gasteiger partial charge in [-0.15, -0.1) is 0 Å². The Labute approximate surface area is 193 Å². The molecule has 3 rings (SSSR count). The van der Waals surface area contributed by atoms with Gasteiger partial charge in [-0.3, -0.25) is 4.79 Å². The zero-order chi connectivity index (χ0) is 24.0. The van der Waals surface area contributed by atoms with E-state index in [-0.39, 0.29) is 19.1 Å². The molecule has 0 aromatic heterocycles. The number of nitrogens with one attached hydrogen (secondary N) is 2. The minimum absolute atomic E-state index is 0.0985. The SMILES string of the molecule is CCC[C@@H](NC(=O)OCC1c2ccccc2-c2ccccc21)C(=O)NC(C)(COC)C(=O)O. The molecular formula is C25H30N2O6. The molecular weight excluding hydrogens is 424 g/mol. The van der Waals surface area contributed by atoms with Crippen molar-refractivity contribution >= 4 is 18.0 Å². The van der Waals surface area contributed by atoms with Gasteiger partial charge in [-0.1, -0.05) is 61.9 Å². The molecule has 33 heavy (non-hydrogen) atoms. The van der Waals surface area contributed by atoms with Crippen LogP contribution in [0, 0.1) is 0 Å². The number of carboxylic acid groups (broad SMARTS) is 1. The third-order valence-electron chi connectivity index (χ3n) is 5.83. The number of carbonyl (C=O) groups excluding carboxylic acids is 2. The lowest BCUT2D eigenvalue weighted by atomic mass is 9.98. The summed E-state index contributed by atoms with van der Waals surface area (Å²) in [7, 11) is 1.35.